The Morgan fingerprint density at radius 3 is 2.60 bits per heavy atom. The summed E-state index contributed by atoms with van der Waals surface area (Å²) in [6.45, 7) is -0.879. The van der Waals surface area contributed by atoms with Crippen molar-refractivity contribution in [2.24, 2.45) is 5.11 Å². The first-order valence-electron chi connectivity index (χ1n) is 7.72. The zero-order chi connectivity index (χ0) is 22.3. The first kappa shape index (κ1) is 22.5. The van der Waals surface area contributed by atoms with Crippen molar-refractivity contribution in [1.82, 2.24) is 19.5 Å². The van der Waals surface area contributed by atoms with E-state index in [9.17, 15) is 14.2 Å². The molecule has 0 unspecified atom stereocenters. The Balaban J connectivity index is 2.00. The normalized spacial score (nSPS) is 24.8. The van der Waals surface area contributed by atoms with Gasteiger partial charge in [-0.2, -0.15) is 0 Å². The second-order valence-electron chi connectivity index (χ2n) is 5.82. The molecule has 3 rings (SSSR count). The predicted molar refractivity (Wildman–Crippen MR) is 93.4 cm³/mol. The molecule has 0 saturated carbocycles. The summed E-state index contributed by atoms with van der Waals surface area (Å²) in [5.74, 6) is -0.542. The van der Waals surface area contributed by atoms with Crippen LogP contribution in [0.3, 0.4) is 0 Å². The number of aliphatic hydroxyl groups excluding tert-OH is 1. The highest BCUT2D eigenvalue weighted by molar-refractivity contribution is 7.46. The number of aromatic nitrogens is 4. The molecular formula is C10H14N8O10P2. The van der Waals surface area contributed by atoms with E-state index in [2.05, 4.69) is 34.0 Å². The Labute approximate surface area is 165 Å². The van der Waals surface area contributed by atoms with E-state index in [0.717, 1.165) is 10.9 Å². The second-order valence-corrected chi connectivity index (χ2v) is 8.26. The van der Waals surface area contributed by atoms with E-state index in [-0.39, 0.29) is 22.9 Å². The van der Waals surface area contributed by atoms with Crippen LogP contribution in [0.5, 0.6) is 0 Å². The summed E-state index contributed by atoms with van der Waals surface area (Å²) in [5.41, 5.74) is 14.2. The quantitative estimate of drug-likeness (QED) is 0.125. The van der Waals surface area contributed by atoms with Crippen molar-refractivity contribution in [1.29, 1.82) is 0 Å². The van der Waals surface area contributed by atoms with Crippen LogP contribution in [0.1, 0.15) is 6.23 Å². The van der Waals surface area contributed by atoms with Gasteiger partial charge in [0.15, 0.2) is 17.7 Å². The van der Waals surface area contributed by atoms with Crippen LogP contribution in [-0.4, -0.2) is 69.1 Å². The van der Waals surface area contributed by atoms with Crippen molar-refractivity contribution in [3.05, 3.63) is 16.8 Å². The third-order valence-electron chi connectivity index (χ3n) is 3.82. The molecule has 18 nitrogen and oxygen atoms in total. The summed E-state index contributed by atoms with van der Waals surface area (Å²) in [7, 11) is -10.1. The summed E-state index contributed by atoms with van der Waals surface area (Å²) in [6, 6.07) is 0. The maximum Gasteiger partial charge on any atom is 0.470 e. The summed E-state index contributed by atoms with van der Waals surface area (Å²) >= 11 is 0. The van der Waals surface area contributed by atoms with Crippen molar-refractivity contribution in [2.45, 2.75) is 24.5 Å². The minimum absolute atomic E-state index is 0.0325. The number of fused-ring (bicyclic) bond motifs is 1. The number of ether oxygens (including phenoxy) is 1. The van der Waals surface area contributed by atoms with Crippen molar-refractivity contribution in [3.8, 4) is 0 Å². The lowest BCUT2D eigenvalue weighted by atomic mass is 10.1. The van der Waals surface area contributed by atoms with Crippen LogP contribution in [0.2, 0.25) is 0 Å². The second kappa shape index (κ2) is 8.14. The first-order valence-corrected chi connectivity index (χ1v) is 10.8. The van der Waals surface area contributed by atoms with Gasteiger partial charge in [-0.15, -0.1) is 0 Å². The van der Waals surface area contributed by atoms with E-state index < -0.39 is 46.8 Å². The zero-order valence-electron chi connectivity index (χ0n) is 14.5. The fourth-order valence-corrected chi connectivity index (χ4v) is 3.66. The molecule has 2 aromatic rings. The SMILES string of the molecule is [N-]=[N+]=Nc1nc(N)c2ncn([C@@H]3O[C@H](CO[32P](=O)(O)O)[C@@H](OP(=O)(O)O)[C@H]3O)c2n1. The highest BCUT2D eigenvalue weighted by Crippen LogP contribution is 2.45. The van der Waals surface area contributed by atoms with Gasteiger partial charge in [-0.3, -0.25) is 13.6 Å². The van der Waals surface area contributed by atoms with Crippen molar-refractivity contribution in [3.63, 3.8) is 0 Å². The molecule has 0 aliphatic carbocycles. The van der Waals surface area contributed by atoms with Crippen LogP contribution < -0.4 is 5.73 Å². The van der Waals surface area contributed by atoms with E-state index in [1.165, 1.54) is 0 Å². The lowest BCUT2D eigenvalue weighted by Crippen LogP contribution is -2.35. The molecule has 1 aliphatic rings. The average molecular weight is 469 g/mol. The Bertz CT molecular complexity index is 1090. The molecule has 4 atom stereocenters. The molecule has 30 heavy (non-hydrogen) atoms. The Kier molecular flexibility index (Phi) is 6.10. The van der Waals surface area contributed by atoms with E-state index in [4.69, 9.17) is 35.6 Å². The summed E-state index contributed by atoms with van der Waals surface area (Å²) in [6.07, 6.45) is -5.40. The van der Waals surface area contributed by atoms with E-state index in [1.807, 2.05) is 0 Å². The minimum Gasteiger partial charge on any atom is -0.386 e. The van der Waals surface area contributed by atoms with Gasteiger partial charge in [0.25, 0.3) is 0 Å². The third-order valence-corrected chi connectivity index (χ3v) is 4.82. The third kappa shape index (κ3) is 4.92. The topological polar surface area (TPSA) is 281 Å². The van der Waals surface area contributed by atoms with Gasteiger partial charge in [-0.1, -0.05) is 0 Å². The molecule has 3 heterocycles. The number of rotatable bonds is 7. The number of aliphatic hydroxyl groups is 1. The molecule has 20 heteroatoms. The van der Waals surface area contributed by atoms with Crippen molar-refractivity contribution < 1.29 is 47.6 Å². The number of hydrogen-bond acceptors (Lipinski definition) is 11. The standard InChI is InChI=1S/C10H14N8O10P2/c11-7-4-8(15-10(14-7)16-17-12)18(2-13-4)9-5(19)6(28-30(23,24)25)3(27-9)1-26-29(20,21)22/h2-3,5-6,9,19H,1H2,(H2,11,14,15)(H2,20,21,22)(H2,23,24,25)/t3-,5-,6-,9-/m1/s1/i29+1. The summed E-state index contributed by atoms with van der Waals surface area (Å²) in [4.78, 5) is 50.0. The number of nitrogen functional groups attached to an aromatic ring is 1. The van der Waals surface area contributed by atoms with E-state index in [0.29, 0.717) is 0 Å². The molecule has 0 spiro atoms. The van der Waals surface area contributed by atoms with Gasteiger partial charge >= 0.3 is 15.6 Å². The fourth-order valence-electron chi connectivity index (χ4n) is 2.74. The fraction of sp³-hybridized carbons (Fsp3) is 0.500. The zero-order valence-corrected chi connectivity index (χ0v) is 16.3. The summed E-state index contributed by atoms with van der Waals surface area (Å²) in [5, 5.41) is 13.8. The van der Waals surface area contributed by atoms with Crippen molar-refractivity contribution in [2.75, 3.05) is 12.3 Å². The number of phosphoric acid groups is 2. The number of hydrogen-bond donors (Lipinski definition) is 6. The van der Waals surface area contributed by atoms with Gasteiger partial charge in [0.1, 0.15) is 23.8 Å². The van der Waals surface area contributed by atoms with Gasteiger partial charge in [-0.05, 0) is 10.6 Å². The smallest absolute Gasteiger partial charge is 0.386 e. The number of phosphoric ester groups is 2. The number of imidazole rings is 1. The van der Waals surface area contributed by atoms with Crippen LogP contribution in [0.25, 0.3) is 21.6 Å². The highest BCUT2D eigenvalue weighted by atomic mass is 32.2. The maximum atomic E-state index is 11.3. The van der Waals surface area contributed by atoms with Crippen LogP contribution in [-0.2, 0) is 22.9 Å². The molecule has 2 aromatic heterocycles. The summed E-state index contributed by atoms with van der Waals surface area (Å²) < 4.78 is 37.6. The molecule has 1 aliphatic heterocycles. The molecule has 0 radical (unpaired) electrons. The first-order chi connectivity index (χ1) is 13.9. The number of azide groups is 1. The lowest BCUT2D eigenvalue weighted by molar-refractivity contribution is -0.0502. The monoisotopic (exact) mass is 469 g/mol. The molecular weight excluding hydrogens is 455 g/mol. The molecule has 164 valence electrons. The van der Waals surface area contributed by atoms with Crippen LogP contribution in [0.4, 0.5) is 11.8 Å². The molecule has 1 fully saturated rings. The van der Waals surface area contributed by atoms with Crippen molar-refractivity contribution >= 4 is 38.6 Å². The predicted octanol–water partition coefficient (Wildman–Crippen LogP) is -0.804. The van der Waals surface area contributed by atoms with Gasteiger partial charge in [0, 0.05) is 4.91 Å². The van der Waals surface area contributed by atoms with E-state index in [1.54, 1.807) is 0 Å². The van der Waals surface area contributed by atoms with Gasteiger partial charge in [0.2, 0.25) is 5.95 Å². The lowest BCUT2D eigenvalue weighted by Gasteiger charge is -2.20. The Morgan fingerprint density at radius 1 is 1.30 bits per heavy atom. The maximum absolute atomic E-state index is 11.3. The molecule has 7 N–H and O–H groups in total. The molecule has 0 bridgehead atoms. The van der Waals surface area contributed by atoms with Crippen LogP contribution >= 0.6 is 15.6 Å². The highest BCUT2D eigenvalue weighted by Gasteiger charge is 2.49. The van der Waals surface area contributed by atoms with Gasteiger partial charge in [-0.25, -0.2) is 24.1 Å². The Morgan fingerprint density at radius 2 is 2.00 bits per heavy atom. The minimum atomic E-state index is -5.15. The number of anilines is 1. The molecule has 0 aromatic carbocycles. The van der Waals surface area contributed by atoms with Gasteiger partial charge in [0.05, 0.1) is 12.9 Å². The number of nitrogens with zero attached hydrogens (tertiary/aromatic N) is 7. The average Bonchev–Trinajstić information content (AvgIpc) is 3.14. The molecule has 0 amide bonds. The van der Waals surface area contributed by atoms with E-state index >= 15 is 0 Å². The Hall–Kier alpha value is -2.20. The molecule has 1 saturated heterocycles. The largest absolute Gasteiger partial charge is 0.470 e. The van der Waals surface area contributed by atoms with Crippen LogP contribution in [0, 0.1) is 0 Å². The van der Waals surface area contributed by atoms with Gasteiger partial charge < -0.3 is 35.2 Å². The number of nitrogens with two attached hydrogens (primary N) is 1. The van der Waals surface area contributed by atoms with Crippen LogP contribution in [0.15, 0.2) is 11.4 Å².